The van der Waals surface area contributed by atoms with Crippen molar-refractivity contribution in [3.8, 4) is 0 Å². The molecule has 0 bridgehead atoms. The molecule has 4 fully saturated rings. The summed E-state index contributed by atoms with van der Waals surface area (Å²) in [6, 6.07) is -0.845. The second-order valence-corrected chi connectivity index (χ2v) is 12.9. The number of aliphatic hydroxyl groups excluding tert-OH is 3. The van der Waals surface area contributed by atoms with Gasteiger partial charge in [0.25, 0.3) is 0 Å². The summed E-state index contributed by atoms with van der Waals surface area (Å²) in [5.41, 5.74) is -0.227. The quantitative estimate of drug-likeness (QED) is 0.370. The number of carboxylic acids is 1. The van der Waals surface area contributed by atoms with Crippen LogP contribution >= 0.6 is 0 Å². The van der Waals surface area contributed by atoms with Crippen molar-refractivity contribution in [3.05, 3.63) is 0 Å². The van der Waals surface area contributed by atoms with Crippen LogP contribution in [0.25, 0.3) is 0 Å². The fraction of sp³-hybridized carbons (Fsp3) is 0.929. The zero-order valence-electron chi connectivity index (χ0n) is 21.9. The summed E-state index contributed by atoms with van der Waals surface area (Å²) in [5.74, 6) is 0.287. The van der Waals surface area contributed by atoms with E-state index in [1.165, 1.54) is 0 Å². The van der Waals surface area contributed by atoms with Gasteiger partial charge in [-0.15, -0.1) is 0 Å². The van der Waals surface area contributed by atoms with Crippen molar-refractivity contribution in [2.24, 2.45) is 46.3 Å². The maximum absolute atomic E-state index is 12.4. The molecule has 0 spiro atoms. The van der Waals surface area contributed by atoms with Crippen molar-refractivity contribution in [3.63, 3.8) is 0 Å². The third-order valence-corrected chi connectivity index (χ3v) is 11.4. The minimum Gasteiger partial charge on any atom is -0.480 e. The molecule has 0 aliphatic heterocycles. The molecule has 1 amide bonds. The maximum atomic E-state index is 12.4. The van der Waals surface area contributed by atoms with E-state index >= 15 is 0 Å². The predicted octanol–water partition coefficient (Wildman–Crippen LogP) is 3.34. The highest BCUT2D eigenvalue weighted by Crippen LogP contribution is 2.68. The lowest BCUT2D eigenvalue weighted by Crippen LogP contribution is -2.62. The Morgan fingerprint density at radius 2 is 1.74 bits per heavy atom. The topological polar surface area (TPSA) is 127 Å². The molecule has 0 radical (unpaired) electrons. The van der Waals surface area contributed by atoms with Crippen LogP contribution in [0.3, 0.4) is 0 Å². The van der Waals surface area contributed by atoms with Gasteiger partial charge in [-0.1, -0.05) is 27.7 Å². The molecule has 0 heterocycles. The number of nitrogens with one attached hydrogen (secondary N) is 1. The summed E-state index contributed by atoms with van der Waals surface area (Å²) in [4.78, 5) is 23.7. The van der Waals surface area contributed by atoms with Crippen molar-refractivity contribution in [1.29, 1.82) is 0 Å². The fourth-order valence-electron chi connectivity index (χ4n) is 9.30. The van der Waals surface area contributed by atoms with Crippen molar-refractivity contribution < 1.29 is 30.0 Å². The molecule has 7 heteroatoms. The average molecular weight is 494 g/mol. The summed E-state index contributed by atoms with van der Waals surface area (Å²) < 4.78 is 0. The van der Waals surface area contributed by atoms with Crippen molar-refractivity contribution in [2.45, 2.75) is 116 Å². The molecule has 35 heavy (non-hydrogen) atoms. The molecule has 12 unspecified atom stereocenters. The molecular formula is C28H47NO6. The van der Waals surface area contributed by atoms with E-state index in [4.69, 9.17) is 0 Å². The number of carbonyl (C=O) groups is 2. The Morgan fingerprint density at radius 3 is 2.40 bits per heavy atom. The largest absolute Gasteiger partial charge is 0.480 e. The second-order valence-electron chi connectivity index (χ2n) is 12.9. The molecule has 4 aliphatic rings. The number of hydrogen-bond donors (Lipinski definition) is 5. The lowest BCUT2D eigenvalue weighted by molar-refractivity contribution is -0.207. The summed E-state index contributed by atoms with van der Waals surface area (Å²) in [6.07, 6.45) is 6.18. The van der Waals surface area contributed by atoms with E-state index < -0.39 is 18.1 Å². The molecule has 7 nitrogen and oxygen atoms in total. The number of amides is 1. The smallest absolute Gasteiger partial charge is 0.326 e. The zero-order valence-corrected chi connectivity index (χ0v) is 21.9. The number of hydrogen-bond acceptors (Lipinski definition) is 5. The van der Waals surface area contributed by atoms with Gasteiger partial charge >= 0.3 is 5.97 Å². The van der Waals surface area contributed by atoms with Crippen LogP contribution in [0.4, 0.5) is 0 Å². The monoisotopic (exact) mass is 493 g/mol. The van der Waals surface area contributed by atoms with Crippen LogP contribution in [-0.4, -0.2) is 56.7 Å². The Bertz CT molecular complexity index is 804. The Kier molecular flexibility index (Phi) is 7.63. The lowest BCUT2D eigenvalue weighted by atomic mass is 9.43. The normalized spacial score (nSPS) is 46.6. The van der Waals surface area contributed by atoms with E-state index in [0.717, 1.165) is 38.5 Å². The summed E-state index contributed by atoms with van der Waals surface area (Å²) in [5, 5.41) is 45.1. The van der Waals surface area contributed by atoms with Gasteiger partial charge in [0.05, 0.1) is 18.3 Å². The molecule has 0 aromatic rings. The third-order valence-electron chi connectivity index (χ3n) is 11.4. The molecule has 4 saturated carbocycles. The maximum Gasteiger partial charge on any atom is 0.326 e. The number of fused-ring (bicyclic) bond motifs is 5. The first-order valence-corrected chi connectivity index (χ1v) is 14.0. The molecule has 12 atom stereocenters. The highest BCUT2D eigenvalue weighted by Gasteiger charge is 2.65. The number of aliphatic carboxylic acids is 1. The Labute approximate surface area is 210 Å². The van der Waals surface area contributed by atoms with Crippen molar-refractivity contribution in [2.75, 3.05) is 0 Å². The number of carbonyl (C=O) groups excluding carboxylic acids is 1. The molecule has 0 aromatic heterocycles. The van der Waals surface area contributed by atoms with E-state index in [0.29, 0.717) is 25.2 Å². The number of rotatable bonds is 7. The second kappa shape index (κ2) is 9.94. The summed E-state index contributed by atoms with van der Waals surface area (Å²) in [6.45, 7) is 8.47. The van der Waals surface area contributed by atoms with Crippen LogP contribution < -0.4 is 5.32 Å². The molecule has 0 saturated heterocycles. The van der Waals surface area contributed by atoms with E-state index in [1.54, 1.807) is 6.92 Å². The Morgan fingerprint density at radius 1 is 1.03 bits per heavy atom. The standard InChI is InChI=1S/C28H47NO6/c1-5-21(26(34)35)29-24(33)9-6-15(2)18-7-8-19-25-20(14-23(32)28(18,19)4)27(3)11-10-17(30)12-16(27)13-22(25)31/h15-23,25,30-32H,5-14H2,1-4H3,(H,29,33)(H,34,35). The van der Waals surface area contributed by atoms with Crippen molar-refractivity contribution >= 4 is 11.9 Å². The first kappa shape index (κ1) is 26.9. The first-order chi connectivity index (χ1) is 16.4. The van der Waals surface area contributed by atoms with E-state index in [1.807, 2.05) is 0 Å². The summed E-state index contributed by atoms with van der Waals surface area (Å²) >= 11 is 0. The third kappa shape index (κ3) is 4.54. The summed E-state index contributed by atoms with van der Waals surface area (Å²) in [7, 11) is 0. The Balaban J connectivity index is 1.47. The zero-order chi connectivity index (χ0) is 25.7. The van der Waals surface area contributed by atoms with E-state index in [2.05, 4.69) is 26.1 Å². The van der Waals surface area contributed by atoms with Gasteiger partial charge in [-0.3, -0.25) is 4.79 Å². The highest BCUT2D eigenvalue weighted by molar-refractivity contribution is 5.83. The van der Waals surface area contributed by atoms with Crippen molar-refractivity contribution in [1.82, 2.24) is 5.32 Å². The van der Waals surface area contributed by atoms with Crippen LogP contribution in [0, 0.1) is 46.3 Å². The molecule has 5 N–H and O–H groups in total. The van der Waals surface area contributed by atoms with Gasteiger partial charge in [0.2, 0.25) is 5.91 Å². The molecule has 200 valence electrons. The van der Waals surface area contributed by atoms with Crippen LogP contribution in [0.1, 0.15) is 91.9 Å². The van der Waals surface area contributed by atoms with Gasteiger partial charge in [-0.25, -0.2) is 4.79 Å². The Hall–Kier alpha value is -1.18. The van der Waals surface area contributed by atoms with E-state index in [9.17, 15) is 30.0 Å². The predicted molar refractivity (Wildman–Crippen MR) is 132 cm³/mol. The number of aliphatic hydroxyl groups is 3. The van der Waals surface area contributed by atoms with Gasteiger partial charge in [0.15, 0.2) is 0 Å². The van der Waals surface area contributed by atoms with Gasteiger partial charge in [-0.05, 0) is 104 Å². The molecule has 0 aromatic carbocycles. The van der Waals surface area contributed by atoms with Gasteiger partial charge < -0.3 is 25.7 Å². The number of carboxylic acid groups (broad SMARTS) is 1. The minimum atomic E-state index is -1.01. The van der Waals surface area contributed by atoms with Crippen LogP contribution in [0.5, 0.6) is 0 Å². The SMILES string of the molecule is CCC(NC(=O)CCC(C)C1CCC2C3C(O)CC4CC(O)CCC4(C)C3CC(O)C12C)C(=O)O. The van der Waals surface area contributed by atoms with E-state index in [-0.39, 0.29) is 65.0 Å². The van der Waals surface area contributed by atoms with Crippen LogP contribution in [0.2, 0.25) is 0 Å². The lowest BCUT2D eigenvalue weighted by Gasteiger charge is -2.63. The molecular weight excluding hydrogens is 446 g/mol. The molecule has 4 aliphatic carbocycles. The van der Waals surface area contributed by atoms with Crippen LogP contribution in [0.15, 0.2) is 0 Å². The fourth-order valence-corrected chi connectivity index (χ4v) is 9.30. The first-order valence-electron chi connectivity index (χ1n) is 14.0. The van der Waals surface area contributed by atoms with Gasteiger partial charge in [0.1, 0.15) is 6.04 Å². The molecule has 4 rings (SSSR count). The van der Waals surface area contributed by atoms with Gasteiger partial charge in [-0.2, -0.15) is 0 Å². The minimum absolute atomic E-state index is 0.0627. The average Bonchev–Trinajstić information content (AvgIpc) is 3.16. The highest BCUT2D eigenvalue weighted by atomic mass is 16.4. The van der Waals surface area contributed by atoms with Gasteiger partial charge in [0, 0.05) is 6.42 Å². The van der Waals surface area contributed by atoms with Crippen LogP contribution in [-0.2, 0) is 9.59 Å².